The van der Waals surface area contributed by atoms with Crippen LogP contribution < -0.4 is 10.6 Å². The number of hydrogen-bond donors (Lipinski definition) is 2. The van der Waals surface area contributed by atoms with Gasteiger partial charge in [-0.15, -0.1) is 0 Å². The van der Waals surface area contributed by atoms with Crippen LogP contribution >= 0.6 is 0 Å². The predicted molar refractivity (Wildman–Crippen MR) is 105 cm³/mol. The highest BCUT2D eigenvalue weighted by molar-refractivity contribution is 6.09. The minimum atomic E-state index is -0.151. The monoisotopic (exact) mass is 348 g/mol. The summed E-state index contributed by atoms with van der Waals surface area (Å²) in [4.78, 5) is 24.5. The van der Waals surface area contributed by atoms with E-state index in [9.17, 15) is 9.59 Å². The number of carbonyl (C=O) groups is 2. The van der Waals surface area contributed by atoms with Gasteiger partial charge in [-0.1, -0.05) is 55.6 Å². The first kappa shape index (κ1) is 19.2. The van der Waals surface area contributed by atoms with Crippen molar-refractivity contribution in [2.45, 2.75) is 13.3 Å². The number of hydrogen-bond acceptors (Lipinski definition) is 3. The highest BCUT2D eigenvalue weighted by Gasteiger charge is 2.10. The van der Waals surface area contributed by atoms with Gasteiger partial charge in [-0.3, -0.25) is 9.59 Å². The molecule has 2 rings (SSSR count). The van der Waals surface area contributed by atoms with Crippen LogP contribution in [0.5, 0.6) is 0 Å². The zero-order valence-electron chi connectivity index (χ0n) is 15.0. The zero-order valence-corrected chi connectivity index (χ0v) is 15.0. The van der Waals surface area contributed by atoms with Crippen molar-refractivity contribution in [3.05, 3.63) is 95.7 Å². The average molecular weight is 348 g/mol. The molecule has 4 nitrogen and oxygen atoms in total. The molecule has 1 amide bonds. The van der Waals surface area contributed by atoms with E-state index in [4.69, 9.17) is 0 Å². The fourth-order valence-corrected chi connectivity index (χ4v) is 2.31. The SMILES string of the molecule is C=C(C)C(=C)NCCCNC(=O)c1ccc(C(=O)c2ccccc2)cc1. The molecule has 0 aliphatic heterocycles. The maximum atomic E-state index is 12.4. The fraction of sp³-hybridized carbons (Fsp3) is 0.182. The topological polar surface area (TPSA) is 58.2 Å². The number of carbonyl (C=O) groups excluding carboxylic acids is 2. The molecule has 0 fully saturated rings. The lowest BCUT2D eigenvalue weighted by Crippen LogP contribution is -2.27. The molecule has 0 heterocycles. The van der Waals surface area contributed by atoms with Crippen LogP contribution in [0.25, 0.3) is 0 Å². The smallest absolute Gasteiger partial charge is 0.251 e. The Morgan fingerprint density at radius 3 is 1.96 bits per heavy atom. The lowest BCUT2D eigenvalue weighted by atomic mass is 10.0. The van der Waals surface area contributed by atoms with Gasteiger partial charge in [-0.25, -0.2) is 0 Å². The zero-order chi connectivity index (χ0) is 18.9. The third-order valence-corrected chi connectivity index (χ3v) is 3.94. The second-order valence-electron chi connectivity index (χ2n) is 6.07. The Kier molecular flexibility index (Phi) is 6.92. The molecular weight excluding hydrogens is 324 g/mol. The molecule has 134 valence electrons. The third-order valence-electron chi connectivity index (χ3n) is 3.94. The quantitative estimate of drug-likeness (QED) is 0.412. The molecule has 0 saturated carbocycles. The molecule has 4 heteroatoms. The fourth-order valence-electron chi connectivity index (χ4n) is 2.31. The molecule has 0 spiro atoms. The van der Waals surface area contributed by atoms with E-state index in [1.807, 2.05) is 25.1 Å². The Morgan fingerprint density at radius 2 is 1.35 bits per heavy atom. The lowest BCUT2D eigenvalue weighted by molar-refractivity contribution is 0.0951. The Labute approximate surface area is 154 Å². The van der Waals surface area contributed by atoms with Gasteiger partial charge in [0.05, 0.1) is 0 Å². The van der Waals surface area contributed by atoms with Crippen LogP contribution in [0.1, 0.15) is 39.6 Å². The first-order valence-corrected chi connectivity index (χ1v) is 8.55. The van der Waals surface area contributed by atoms with Crippen LogP contribution in [-0.4, -0.2) is 24.8 Å². The maximum Gasteiger partial charge on any atom is 0.251 e. The van der Waals surface area contributed by atoms with E-state index in [-0.39, 0.29) is 11.7 Å². The second-order valence-corrected chi connectivity index (χ2v) is 6.07. The molecule has 2 aromatic carbocycles. The van der Waals surface area contributed by atoms with E-state index in [1.54, 1.807) is 36.4 Å². The molecule has 0 aromatic heterocycles. The Hall–Kier alpha value is -3.14. The van der Waals surface area contributed by atoms with Crippen LogP contribution in [0, 0.1) is 0 Å². The molecule has 0 radical (unpaired) electrons. The summed E-state index contributed by atoms with van der Waals surface area (Å²) < 4.78 is 0. The summed E-state index contributed by atoms with van der Waals surface area (Å²) in [6, 6.07) is 15.8. The number of benzene rings is 2. The van der Waals surface area contributed by atoms with Gasteiger partial charge in [-0.2, -0.15) is 0 Å². The van der Waals surface area contributed by atoms with E-state index < -0.39 is 0 Å². The van der Waals surface area contributed by atoms with E-state index >= 15 is 0 Å². The van der Waals surface area contributed by atoms with Crippen LogP contribution in [0.4, 0.5) is 0 Å². The molecule has 2 N–H and O–H groups in total. The number of rotatable bonds is 9. The molecule has 0 aliphatic rings. The Morgan fingerprint density at radius 1 is 0.808 bits per heavy atom. The minimum absolute atomic E-state index is 0.0543. The van der Waals surface area contributed by atoms with Gasteiger partial charge in [0.25, 0.3) is 5.91 Å². The van der Waals surface area contributed by atoms with Gasteiger partial charge in [0.15, 0.2) is 5.78 Å². The number of nitrogens with one attached hydrogen (secondary N) is 2. The summed E-state index contributed by atoms with van der Waals surface area (Å²) in [6.45, 7) is 10.8. The second kappa shape index (κ2) is 9.37. The molecule has 0 aliphatic carbocycles. The molecule has 0 saturated heterocycles. The highest BCUT2D eigenvalue weighted by atomic mass is 16.1. The lowest BCUT2D eigenvalue weighted by Gasteiger charge is -2.10. The van der Waals surface area contributed by atoms with Crippen molar-refractivity contribution in [2.75, 3.05) is 13.1 Å². The average Bonchev–Trinajstić information content (AvgIpc) is 2.67. The standard InChI is InChI=1S/C22H24N2O2/c1-16(2)17(3)23-14-7-15-24-22(26)20-12-10-19(11-13-20)21(25)18-8-5-4-6-9-18/h4-6,8-13,23H,1,3,7,14-15H2,2H3,(H,24,26). The Balaban J connectivity index is 1.82. The first-order chi connectivity index (χ1) is 12.5. The number of allylic oxidation sites excluding steroid dienone is 1. The van der Waals surface area contributed by atoms with Crippen LogP contribution in [-0.2, 0) is 0 Å². The minimum Gasteiger partial charge on any atom is -0.385 e. The van der Waals surface area contributed by atoms with E-state index in [1.165, 1.54) is 0 Å². The first-order valence-electron chi connectivity index (χ1n) is 8.55. The van der Waals surface area contributed by atoms with Gasteiger partial charge < -0.3 is 10.6 Å². The van der Waals surface area contributed by atoms with Crippen molar-refractivity contribution in [3.63, 3.8) is 0 Å². The number of amides is 1. The van der Waals surface area contributed by atoms with E-state index in [0.717, 1.165) is 24.2 Å². The van der Waals surface area contributed by atoms with E-state index in [2.05, 4.69) is 23.8 Å². The molecule has 0 unspecified atom stereocenters. The number of ketones is 1. The Bertz CT molecular complexity index is 793. The van der Waals surface area contributed by atoms with Crippen molar-refractivity contribution in [3.8, 4) is 0 Å². The molecule has 0 bridgehead atoms. The van der Waals surface area contributed by atoms with Crippen molar-refractivity contribution >= 4 is 11.7 Å². The van der Waals surface area contributed by atoms with Crippen molar-refractivity contribution < 1.29 is 9.59 Å². The summed E-state index contributed by atoms with van der Waals surface area (Å²) in [7, 11) is 0. The maximum absolute atomic E-state index is 12.4. The van der Waals surface area contributed by atoms with Gasteiger partial charge in [0.1, 0.15) is 0 Å². The van der Waals surface area contributed by atoms with Crippen molar-refractivity contribution in [1.29, 1.82) is 0 Å². The molecule has 0 atom stereocenters. The summed E-state index contributed by atoms with van der Waals surface area (Å²) >= 11 is 0. The largest absolute Gasteiger partial charge is 0.385 e. The van der Waals surface area contributed by atoms with Gasteiger partial charge in [-0.05, 0) is 31.1 Å². The van der Waals surface area contributed by atoms with Crippen molar-refractivity contribution in [1.82, 2.24) is 10.6 Å². The summed E-state index contributed by atoms with van der Waals surface area (Å²) in [6.07, 6.45) is 0.780. The van der Waals surface area contributed by atoms with Crippen LogP contribution in [0.3, 0.4) is 0 Å². The third kappa shape index (κ3) is 5.45. The summed E-state index contributed by atoms with van der Waals surface area (Å²) in [5.74, 6) is -0.205. The summed E-state index contributed by atoms with van der Waals surface area (Å²) in [5.41, 5.74) is 3.45. The predicted octanol–water partition coefficient (Wildman–Crippen LogP) is 3.72. The normalized spacial score (nSPS) is 10.0. The van der Waals surface area contributed by atoms with Crippen LogP contribution in [0.15, 0.2) is 79.0 Å². The molecular formula is C22H24N2O2. The van der Waals surface area contributed by atoms with Gasteiger partial charge in [0.2, 0.25) is 0 Å². The van der Waals surface area contributed by atoms with Gasteiger partial charge >= 0.3 is 0 Å². The van der Waals surface area contributed by atoms with Crippen molar-refractivity contribution in [2.24, 2.45) is 0 Å². The highest BCUT2D eigenvalue weighted by Crippen LogP contribution is 2.11. The van der Waals surface area contributed by atoms with Crippen LogP contribution in [0.2, 0.25) is 0 Å². The van der Waals surface area contributed by atoms with E-state index in [0.29, 0.717) is 23.2 Å². The summed E-state index contributed by atoms with van der Waals surface area (Å²) in [5, 5.41) is 6.01. The molecule has 26 heavy (non-hydrogen) atoms. The van der Waals surface area contributed by atoms with Gasteiger partial charge in [0, 0.05) is 35.5 Å². The molecule has 2 aromatic rings.